The minimum Gasteiger partial charge on any atom is -0.467 e. The van der Waals surface area contributed by atoms with Crippen LogP contribution in [0.1, 0.15) is 12.5 Å². The predicted octanol–water partition coefficient (Wildman–Crippen LogP) is 2.19. The van der Waals surface area contributed by atoms with Gasteiger partial charge in [-0.15, -0.1) is 0 Å². The minimum atomic E-state index is -1.13. The summed E-state index contributed by atoms with van der Waals surface area (Å²) in [6, 6.07) is 13.6. The number of esters is 1. The van der Waals surface area contributed by atoms with E-state index in [1.165, 1.54) is 7.11 Å². The van der Waals surface area contributed by atoms with Crippen molar-refractivity contribution in [3.05, 3.63) is 48.0 Å². The molecule has 2 rings (SSSR count). The second kappa shape index (κ2) is 4.18. The number of hydrogen-bond acceptors (Lipinski definition) is 3. The number of carbonyl (C=O) groups is 1. The molecule has 2 N–H and O–H groups in total. The molecule has 0 aliphatic heterocycles. The fourth-order valence-corrected chi connectivity index (χ4v) is 2.00. The molecule has 1 atom stereocenters. The molecule has 2 aromatic rings. The van der Waals surface area contributed by atoms with Crippen LogP contribution in [0.15, 0.2) is 42.5 Å². The Bertz CT molecular complexity index is 556. The molecule has 0 bridgehead atoms. The summed E-state index contributed by atoms with van der Waals surface area (Å²) in [7, 11) is 1.35. The van der Waals surface area contributed by atoms with E-state index in [9.17, 15) is 4.79 Å². The monoisotopic (exact) mass is 229 g/mol. The van der Waals surface area contributed by atoms with Gasteiger partial charge >= 0.3 is 5.97 Å². The second-order valence-corrected chi connectivity index (χ2v) is 4.22. The highest BCUT2D eigenvalue weighted by Gasteiger charge is 2.32. The highest BCUT2D eigenvalue weighted by Crippen LogP contribution is 2.27. The van der Waals surface area contributed by atoms with Crippen molar-refractivity contribution in [1.29, 1.82) is 0 Å². The molecule has 0 saturated carbocycles. The van der Waals surface area contributed by atoms with Crippen LogP contribution in [-0.4, -0.2) is 13.1 Å². The molecule has 0 aliphatic carbocycles. The van der Waals surface area contributed by atoms with Crippen molar-refractivity contribution in [2.24, 2.45) is 5.73 Å². The SMILES string of the molecule is COC(=O)C(C)(N)c1cccc2ccccc12. The van der Waals surface area contributed by atoms with Gasteiger partial charge in [-0.05, 0) is 23.3 Å². The van der Waals surface area contributed by atoms with E-state index in [2.05, 4.69) is 0 Å². The Balaban J connectivity index is 2.67. The molecule has 0 fully saturated rings. The van der Waals surface area contributed by atoms with E-state index in [1.54, 1.807) is 6.92 Å². The summed E-state index contributed by atoms with van der Waals surface area (Å²) in [4.78, 5) is 11.7. The summed E-state index contributed by atoms with van der Waals surface area (Å²) >= 11 is 0. The van der Waals surface area contributed by atoms with E-state index in [-0.39, 0.29) is 0 Å². The van der Waals surface area contributed by atoms with Crippen molar-refractivity contribution < 1.29 is 9.53 Å². The first-order valence-corrected chi connectivity index (χ1v) is 5.43. The standard InChI is InChI=1S/C14H15NO2/c1-14(15,13(16)17-2)12-9-5-7-10-6-3-4-8-11(10)12/h3-9H,15H2,1-2H3. The molecule has 0 heterocycles. The quantitative estimate of drug-likeness (QED) is 0.803. The van der Waals surface area contributed by atoms with E-state index < -0.39 is 11.5 Å². The van der Waals surface area contributed by atoms with Crippen molar-refractivity contribution >= 4 is 16.7 Å². The fraction of sp³-hybridized carbons (Fsp3) is 0.214. The van der Waals surface area contributed by atoms with Gasteiger partial charge < -0.3 is 10.5 Å². The predicted molar refractivity (Wildman–Crippen MR) is 67.5 cm³/mol. The molecule has 0 saturated heterocycles. The molecule has 2 aromatic carbocycles. The Morgan fingerprint density at radius 1 is 1.18 bits per heavy atom. The summed E-state index contributed by atoms with van der Waals surface area (Å²) < 4.78 is 4.75. The second-order valence-electron chi connectivity index (χ2n) is 4.22. The van der Waals surface area contributed by atoms with Crippen LogP contribution in [0.3, 0.4) is 0 Å². The van der Waals surface area contributed by atoms with Gasteiger partial charge in [-0.3, -0.25) is 0 Å². The topological polar surface area (TPSA) is 52.3 Å². The molecule has 0 aromatic heterocycles. The zero-order valence-electron chi connectivity index (χ0n) is 9.94. The normalized spacial score (nSPS) is 14.3. The van der Waals surface area contributed by atoms with Crippen LogP contribution >= 0.6 is 0 Å². The van der Waals surface area contributed by atoms with Crippen LogP contribution in [0.2, 0.25) is 0 Å². The van der Waals surface area contributed by atoms with Crippen LogP contribution in [-0.2, 0) is 15.1 Å². The molecule has 17 heavy (non-hydrogen) atoms. The molecule has 0 spiro atoms. The molecular formula is C14H15NO2. The van der Waals surface area contributed by atoms with Gasteiger partial charge in [-0.25, -0.2) is 4.79 Å². The summed E-state index contributed by atoms with van der Waals surface area (Å²) in [5.41, 5.74) is 5.73. The maximum atomic E-state index is 11.7. The van der Waals surface area contributed by atoms with Crippen molar-refractivity contribution in [2.45, 2.75) is 12.5 Å². The molecule has 1 unspecified atom stereocenters. The van der Waals surface area contributed by atoms with E-state index in [1.807, 2.05) is 42.5 Å². The van der Waals surface area contributed by atoms with Crippen LogP contribution in [0.25, 0.3) is 10.8 Å². The molecule has 3 heteroatoms. The van der Waals surface area contributed by atoms with E-state index in [4.69, 9.17) is 10.5 Å². The highest BCUT2D eigenvalue weighted by molar-refractivity contribution is 5.93. The first-order valence-electron chi connectivity index (χ1n) is 5.43. The van der Waals surface area contributed by atoms with Gasteiger partial charge in [0.25, 0.3) is 0 Å². The number of hydrogen-bond donors (Lipinski definition) is 1. The summed E-state index contributed by atoms with van der Waals surface area (Å²) in [5, 5.41) is 2.04. The molecule has 88 valence electrons. The van der Waals surface area contributed by atoms with Crippen molar-refractivity contribution in [3.63, 3.8) is 0 Å². The molecular weight excluding hydrogens is 214 g/mol. The van der Waals surface area contributed by atoms with E-state index in [0.29, 0.717) is 0 Å². The Kier molecular flexibility index (Phi) is 2.86. The Morgan fingerprint density at radius 3 is 2.53 bits per heavy atom. The smallest absolute Gasteiger partial charge is 0.330 e. The maximum absolute atomic E-state index is 11.7. The third kappa shape index (κ3) is 1.89. The Labute approximate surface area is 100 Å². The average molecular weight is 229 g/mol. The van der Waals surface area contributed by atoms with Crippen molar-refractivity contribution in [1.82, 2.24) is 0 Å². The first kappa shape index (κ1) is 11.6. The zero-order chi connectivity index (χ0) is 12.5. The van der Waals surface area contributed by atoms with Gasteiger partial charge in [0.1, 0.15) is 5.54 Å². The van der Waals surface area contributed by atoms with E-state index in [0.717, 1.165) is 16.3 Å². The molecule has 0 amide bonds. The summed E-state index contributed by atoms with van der Waals surface area (Å²) in [6.07, 6.45) is 0. The number of carbonyl (C=O) groups excluding carboxylic acids is 1. The number of methoxy groups -OCH3 is 1. The Morgan fingerprint density at radius 2 is 1.82 bits per heavy atom. The van der Waals surface area contributed by atoms with Gasteiger partial charge in [0.15, 0.2) is 0 Å². The third-order valence-electron chi connectivity index (χ3n) is 2.96. The van der Waals surface area contributed by atoms with Gasteiger partial charge in [0.05, 0.1) is 7.11 Å². The van der Waals surface area contributed by atoms with Crippen LogP contribution in [0.4, 0.5) is 0 Å². The van der Waals surface area contributed by atoms with Gasteiger partial charge in [-0.1, -0.05) is 42.5 Å². The molecule has 3 nitrogen and oxygen atoms in total. The lowest BCUT2D eigenvalue weighted by Gasteiger charge is -2.23. The zero-order valence-corrected chi connectivity index (χ0v) is 9.94. The number of benzene rings is 2. The minimum absolute atomic E-state index is 0.436. The van der Waals surface area contributed by atoms with Gasteiger partial charge in [-0.2, -0.15) is 0 Å². The van der Waals surface area contributed by atoms with Gasteiger partial charge in [0.2, 0.25) is 0 Å². The average Bonchev–Trinajstić information content (AvgIpc) is 2.37. The van der Waals surface area contributed by atoms with Gasteiger partial charge in [0, 0.05) is 0 Å². The summed E-state index contributed by atoms with van der Waals surface area (Å²) in [6.45, 7) is 1.67. The first-order chi connectivity index (χ1) is 8.07. The Hall–Kier alpha value is -1.87. The van der Waals surface area contributed by atoms with E-state index >= 15 is 0 Å². The third-order valence-corrected chi connectivity index (χ3v) is 2.96. The number of fused-ring (bicyclic) bond motifs is 1. The number of rotatable bonds is 2. The van der Waals surface area contributed by atoms with Crippen LogP contribution in [0.5, 0.6) is 0 Å². The largest absolute Gasteiger partial charge is 0.467 e. The molecule has 0 radical (unpaired) electrons. The van der Waals surface area contributed by atoms with Crippen LogP contribution < -0.4 is 5.73 Å². The lowest BCUT2D eigenvalue weighted by Crippen LogP contribution is -2.42. The van der Waals surface area contributed by atoms with Crippen LogP contribution in [0, 0.1) is 0 Å². The number of nitrogens with two attached hydrogens (primary N) is 1. The molecule has 0 aliphatic rings. The maximum Gasteiger partial charge on any atom is 0.330 e. The lowest BCUT2D eigenvalue weighted by atomic mass is 9.89. The van der Waals surface area contributed by atoms with Crippen molar-refractivity contribution in [3.8, 4) is 0 Å². The summed E-state index contributed by atoms with van der Waals surface area (Å²) in [5.74, 6) is -0.436. The number of ether oxygens (including phenoxy) is 1. The lowest BCUT2D eigenvalue weighted by molar-refractivity contribution is -0.146. The highest BCUT2D eigenvalue weighted by atomic mass is 16.5. The van der Waals surface area contributed by atoms with Crippen molar-refractivity contribution in [2.75, 3.05) is 7.11 Å². The fourth-order valence-electron chi connectivity index (χ4n) is 2.00.